The van der Waals surface area contributed by atoms with Crippen LogP contribution in [0.1, 0.15) is 34.5 Å². The minimum atomic E-state index is -0.648. The highest BCUT2D eigenvalue weighted by atomic mass is 19.1. The number of ether oxygens (including phenoxy) is 1. The molecule has 1 atom stereocenters. The molecule has 0 fully saturated rings. The zero-order chi connectivity index (χ0) is 15.4. The molecule has 1 aromatic heterocycles. The lowest BCUT2D eigenvalue weighted by Crippen LogP contribution is -2.11. The van der Waals surface area contributed by atoms with E-state index in [2.05, 4.69) is 4.98 Å². The number of hydrogen-bond donors (Lipinski definition) is 3. The summed E-state index contributed by atoms with van der Waals surface area (Å²) in [6, 6.07) is 6.13. The predicted octanol–water partition coefficient (Wildman–Crippen LogP) is 2.04. The zero-order valence-electron chi connectivity index (χ0n) is 11.6. The first-order chi connectivity index (χ1) is 10.1. The molecule has 0 spiro atoms. The second kappa shape index (κ2) is 6.41. The molecule has 0 aliphatic rings. The Kier molecular flexibility index (Phi) is 4.59. The number of benzene rings is 1. The summed E-state index contributed by atoms with van der Waals surface area (Å²) >= 11 is 0. The van der Waals surface area contributed by atoms with E-state index < -0.39 is 17.7 Å². The van der Waals surface area contributed by atoms with E-state index in [0.29, 0.717) is 11.1 Å². The van der Waals surface area contributed by atoms with Crippen molar-refractivity contribution < 1.29 is 19.0 Å². The van der Waals surface area contributed by atoms with Crippen molar-refractivity contribution in [2.75, 3.05) is 18.9 Å². The molecule has 21 heavy (non-hydrogen) atoms. The molecule has 0 unspecified atom stereocenters. The van der Waals surface area contributed by atoms with Gasteiger partial charge in [-0.15, -0.1) is 0 Å². The number of esters is 1. The van der Waals surface area contributed by atoms with Crippen LogP contribution in [0.5, 0.6) is 0 Å². The van der Waals surface area contributed by atoms with Gasteiger partial charge in [-0.3, -0.25) is 0 Å². The molecule has 112 valence electrons. The fourth-order valence-corrected chi connectivity index (χ4v) is 2.23. The van der Waals surface area contributed by atoms with Gasteiger partial charge in [0.25, 0.3) is 0 Å². The van der Waals surface area contributed by atoms with Crippen LogP contribution in [0, 0.1) is 5.82 Å². The van der Waals surface area contributed by atoms with Gasteiger partial charge in [-0.25, -0.2) is 9.18 Å². The number of aliphatic hydroxyl groups excluding tert-OH is 1. The highest BCUT2D eigenvalue weighted by Gasteiger charge is 2.24. The van der Waals surface area contributed by atoms with Crippen molar-refractivity contribution in [3.8, 4) is 0 Å². The van der Waals surface area contributed by atoms with Crippen molar-refractivity contribution in [1.29, 1.82) is 0 Å². The first-order valence-corrected chi connectivity index (χ1v) is 6.59. The summed E-state index contributed by atoms with van der Waals surface area (Å²) in [6.07, 6.45) is 1.49. The topological polar surface area (TPSA) is 88.3 Å². The number of H-pyrrole nitrogens is 1. The van der Waals surface area contributed by atoms with Gasteiger partial charge in [0.15, 0.2) is 0 Å². The molecule has 6 heteroatoms. The number of carbonyl (C=O) groups is 1. The number of carbonyl (C=O) groups excluding carboxylic acids is 1. The zero-order valence-corrected chi connectivity index (χ0v) is 11.6. The van der Waals surface area contributed by atoms with Crippen LogP contribution >= 0.6 is 0 Å². The van der Waals surface area contributed by atoms with Gasteiger partial charge >= 0.3 is 5.97 Å². The molecule has 5 nitrogen and oxygen atoms in total. The quantitative estimate of drug-likeness (QED) is 0.736. The van der Waals surface area contributed by atoms with Gasteiger partial charge in [0, 0.05) is 17.7 Å². The van der Waals surface area contributed by atoms with E-state index in [1.807, 2.05) is 0 Å². The molecule has 0 aliphatic heterocycles. The van der Waals surface area contributed by atoms with Crippen molar-refractivity contribution in [1.82, 2.24) is 4.98 Å². The maximum absolute atomic E-state index is 13.9. The highest BCUT2D eigenvalue weighted by molar-refractivity contribution is 5.94. The normalized spacial score (nSPS) is 12.1. The van der Waals surface area contributed by atoms with Gasteiger partial charge in [0.1, 0.15) is 11.5 Å². The minimum Gasteiger partial charge on any atom is -0.461 e. The van der Waals surface area contributed by atoms with E-state index >= 15 is 0 Å². The molecule has 0 bridgehead atoms. The summed E-state index contributed by atoms with van der Waals surface area (Å²) < 4.78 is 18.8. The number of hydrogen-bond acceptors (Lipinski definition) is 4. The van der Waals surface area contributed by atoms with Crippen LogP contribution in [-0.4, -0.2) is 29.3 Å². The fraction of sp³-hybridized carbons (Fsp3) is 0.267. The summed E-state index contributed by atoms with van der Waals surface area (Å²) in [6.45, 7) is 1.59. The third kappa shape index (κ3) is 2.90. The molecule has 0 radical (unpaired) electrons. The second-order valence-electron chi connectivity index (χ2n) is 4.51. The number of halogens is 1. The Hall–Kier alpha value is -2.34. The van der Waals surface area contributed by atoms with E-state index in [-0.39, 0.29) is 24.6 Å². The molecule has 0 saturated carbocycles. The van der Waals surface area contributed by atoms with Crippen LogP contribution in [0.3, 0.4) is 0 Å². The van der Waals surface area contributed by atoms with Crippen molar-refractivity contribution in [3.05, 3.63) is 53.1 Å². The van der Waals surface area contributed by atoms with Crippen molar-refractivity contribution in [2.45, 2.75) is 12.8 Å². The number of rotatable bonds is 5. The van der Waals surface area contributed by atoms with Gasteiger partial charge < -0.3 is 20.6 Å². The Morgan fingerprint density at radius 3 is 2.76 bits per heavy atom. The average molecular weight is 292 g/mol. The Morgan fingerprint density at radius 2 is 2.14 bits per heavy atom. The van der Waals surface area contributed by atoms with Gasteiger partial charge in [0.2, 0.25) is 0 Å². The molecule has 2 rings (SSSR count). The lowest BCUT2D eigenvalue weighted by atomic mass is 9.92. The summed E-state index contributed by atoms with van der Waals surface area (Å²) in [5, 5.41) is 9.58. The average Bonchev–Trinajstić information content (AvgIpc) is 2.84. The van der Waals surface area contributed by atoms with Gasteiger partial charge in [0.05, 0.1) is 18.9 Å². The number of aromatic amines is 1. The maximum atomic E-state index is 13.9. The molecule has 0 aliphatic carbocycles. The number of nitrogen functional groups attached to an aromatic ring is 1. The molecule has 4 N–H and O–H groups in total. The number of nitrogens with one attached hydrogen (secondary N) is 1. The van der Waals surface area contributed by atoms with Crippen molar-refractivity contribution in [3.63, 3.8) is 0 Å². The third-order valence-corrected chi connectivity index (χ3v) is 3.27. The van der Waals surface area contributed by atoms with Crippen LogP contribution < -0.4 is 5.73 Å². The van der Waals surface area contributed by atoms with Gasteiger partial charge in [-0.2, -0.15) is 0 Å². The van der Waals surface area contributed by atoms with E-state index in [4.69, 9.17) is 10.5 Å². The van der Waals surface area contributed by atoms with Crippen molar-refractivity contribution in [2.24, 2.45) is 0 Å². The third-order valence-electron chi connectivity index (χ3n) is 3.27. The second-order valence-corrected chi connectivity index (χ2v) is 4.51. The van der Waals surface area contributed by atoms with E-state index in [0.717, 1.165) is 0 Å². The fourth-order valence-electron chi connectivity index (χ4n) is 2.23. The standard InChI is InChI=1S/C15H17FN2O3/c1-2-21-15(20)14-13(17)10(7-18-14)11(8-19)9-5-3-4-6-12(9)16/h3-7,11,18-19H,2,8,17H2,1H3/t11-/m0/s1. The maximum Gasteiger partial charge on any atom is 0.356 e. The number of aromatic nitrogens is 1. The van der Waals surface area contributed by atoms with Crippen LogP contribution in [0.25, 0.3) is 0 Å². The lowest BCUT2D eigenvalue weighted by molar-refractivity contribution is 0.0521. The summed E-state index contributed by atoms with van der Waals surface area (Å²) in [5.74, 6) is -1.66. The number of anilines is 1. The smallest absolute Gasteiger partial charge is 0.356 e. The Balaban J connectivity index is 2.41. The van der Waals surface area contributed by atoms with Crippen LogP contribution in [0.15, 0.2) is 30.5 Å². The van der Waals surface area contributed by atoms with Gasteiger partial charge in [-0.1, -0.05) is 18.2 Å². The number of nitrogens with two attached hydrogens (primary N) is 1. The summed E-state index contributed by atoms with van der Waals surface area (Å²) in [4.78, 5) is 14.5. The Morgan fingerprint density at radius 1 is 1.43 bits per heavy atom. The Bertz CT molecular complexity index is 640. The molecular weight excluding hydrogens is 275 g/mol. The highest BCUT2D eigenvalue weighted by Crippen LogP contribution is 2.32. The molecule has 1 heterocycles. The molecule has 1 aromatic carbocycles. The van der Waals surface area contributed by atoms with Crippen LogP contribution in [-0.2, 0) is 4.74 Å². The van der Waals surface area contributed by atoms with Crippen LogP contribution in [0.4, 0.5) is 10.1 Å². The molecule has 0 amide bonds. The Labute approximate surface area is 121 Å². The SMILES string of the molecule is CCOC(=O)c1[nH]cc([C@@H](CO)c2ccccc2F)c1N. The summed E-state index contributed by atoms with van der Waals surface area (Å²) in [5.41, 5.74) is 6.99. The van der Waals surface area contributed by atoms with E-state index in [9.17, 15) is 14.3 Å². The van der Waals surface area contributed by atoms with E-state index in [1.54, 1.807) is 25.1 Å². The van der Waals surface area contributed by atoms with Crippen LogP contribution in [0.2, 0.25) is 0 Å². The molecule has 2 aromatic rings. The van der Waals surface area contributed by atoms with Crippen molar-refractivity contribution >= 4 is 11.7 Å². The molecular formula is C15H17FN2O3. The van der Waals surface area contributed by atoms with Gasteiger partial charge in [-0.05, 0) is 18.6 Å². The minimum absolute atomic E-state index is 0.113. The van der Waals surface area contributed by atoms with E-state index in [1.165, 1.54) is 12.3 Å². The monoisotopic (exact) mass is 292 g/mol. The number of aliphatic hydroxyl groups is 1. The summed E-state index contributed by atoms with van der Waals surface area (Å²) in [7, 11) is 0. The predicted molar refractivity (Wildman–Crippen MR) is 76.5 cm³/mol. The first-order valence-electron chi connectivity index (χ1n) is 6.59. The lowest BCUT2D eigenvalue weighted by Gasteiger charge is -2.15. The largest absolute Gasteiger partial charge is 0.461 e. The molecule has 0 saturated heterocycles. The first kappa shape index (κ1) is 15.1.